The Morgan fingerprint density at radius 2 is 1.56 bits per heavy atom. The highest BCUT2D eigenvalue weighted by Crippen LogP contribution is 2.35. The Bertz CT molecular complexity index is 313. The predicted molar refractivity (Wildman–Crippen MR) is 37.5 cm³/mol. The Hall–Kier alpha value is -0.590. The van der Waals surface area contributed by atoms with Crippen molar-refractivity contribution in [3.05, 3.63) is 0 Å². The van der Waals surface area contributed by atoms with Gasteiger partial charge in [-0.2, -0.15) is 13.2 Å². The lowest BCUT2D eigenvalue weighted by Crippen LogP contribution is -2.45. The van der Waals surface area contributed by atoms with E-state index < -0.39 is 35.3 Å². The van der Waals surface area contributed by atoms with Crippen LogP contribution in [0.15, 0.2) is 0 Å². The summed E-state index contributed by atoms with van der Waals surface area (Å²) in [5.41, 5.74) is 0. The fourth-order valence-electron chi connectivity index (χ4n) is 0.463. The molecule has 0 saturated carbocycles. The van der Waals surface area contributed by atoms with Gasteiger partial charge in [-0.15, -0.1) is 0 Å². The molecule has 0 aliphatic rings. The summed E-state index contributed by atoms with van der Waals surface area (Å²) in [6.45, 7) is -2.50. The maximum absolute atomic E-state index is 12.2. The van der Waals surface area contributed by atoms with Crippen molar-refractivity contribution in [1.29, 1.82) is 0 Å². The van der Waals surface area contributed by atoms with Crippen molar-refractivity contribution < 1.29 is 43.5 Å². The van der Waals surface area contributed by atoms with Gasteiger partial charge in [-0.3, -0.25) is 4.18 Å². The first-order valence-electron chi connectivity index (χ1n) is 3.05. The van der Waals surface area contributed by atoms with Crippen LogP contribution in [0.3, 0.4) is 0 Å². The summed E-state index contributed by atoms with van der Waals surface area (Å²) in [4.78, 5) is 0. The van der Waals surface area contributed by atoms with Gasteiger partial charge < -0.3 is 10.7 Å². The Labute approximate surface area is 85.9 Å². The molecule has 4 N–H and O–H groups in total. The van der Waals surface area contributed by atoms with Crippen LogP contribution in [0.4, 0.5) is 26.3 Å². The monoisotopic (exact) mass is 279 g/mol. The lowest BCUT2D eigenvalue weighted by molar-refractivity contribution is -0.250. The molecule has 0 radical (unpaired) electrons. The normalized spacial score (nSPS) is 15.4. The molecule has 0 bridgehead atoms. The fourth-order valence-corrected chi connectivity index (χ4v) is 0.765. The lowest BCUT2D eigenvalue weighted by Gasteiger charge is -2.22. The molecule has 0 aromatic carbocycles. The highest BCUT2D eigenvalue weighted by molar-refractivity contribution is 7.80. The molecule has 0 aromatic heterocycles. The van der Waals surface area contributed by atoms with E-state index in [-0.39, 0.29) is 6.15 Å². The standard InChI is InChI=1S/C4H4F6O4S.H3N/c5-2(4(8,9)10)3(6,7)1-14-15(11,12)13;/h2H,1H2,(H,11,12,13);1H3. The van der Waals surface area contributed by atoms with Crippen LogP contribution < -0.4 is 6.15 Å². The summed E-state index contributed by atoms with van der Waals surface area (Å²) >= 11 is 0. The van der Waals surface area contributed by atoms with Crippen molar-refractivity contribution in [2.45, 2.75) is 18.3 Å². The zero-order chi connectivity index (χ0) is 12.5. The Balaban J connectivity index is 0. The molecule has 1 atom stereocenters. The minimum Gasteiger partial charge on any atom is -0.726 e. The summed E-state index contributed by atoms with van der Waals surface area (Å²) in [5.74, 6) is -5.14. The lowest BCUT2D eigenvalue weighted by atomic mass is 10.2. The van der Waals surface area contributed by atoms with E-state index >= 15 is 0 Å². The van der Waals surface area contributed by atoms with E-state index in [1.54, 1.807) is 0 Å². The highest BCUT2D eigenvalue weighted by atomic mass is 32.3. The zero-order valence-electron chi connectivity index (χ0n) is 7.59. The summed E-state index contributed by atoms with van der Waals surface area (Å²) in [6, 6.07) is 0. The number of quaternary nitrogens is 1. The van der Waals surface area contributed by atoms with Crippen LogP contribution in [-0.2, 0) is 14.6 Å². The van der Waals surface area contributed by atoms with Gasteiger partial charge in [0.25, 0.3) is 6.17 Å². The molecule has 0 spiro atoms. The van der Waals surface area contributed by atoms with Crippen LogP contribution in [-0.4, -0.2) is 37.8 Å². The van der Waals surface area contributed by atoms with Crippen molar-refractivity contribution in [2.24, 2.45) is 0 Å². The number of rotatable bonds is 4. The van der Waals surface area contributed by atoms with Crippen LogP contribution in [0, 0.1) is 0 Å². The van der Waals surface area contributed by atoms with Crippen LogP contribution in [0.2, 0.25) is 0 Å². The maximum Gasteiger partial charge on any atom is 0.425 e. The van der Waals surface area contributed by atoms with Crippen LogP contribution >= 0.6 is 0 Å². The molecule has 0 amide bonds. The molecule has 0 rings (SSSR count). The molecule has 0 aromatic rings. The van der Waals surface area contributed by atoms with E-state index in [1.807, 2.05) is 0 Å². The predicted octanol–water partition coefficient (Wildman–Crippen LogP) is 1.38. The third-order valence-corrected chi connectivity index (χ3v) is 1.46. The fraction of sp³-hybridized carbons (Fsp3) is 1.00. The van der Waals surface area contributed by atoms with Crippen molar-refractivity contribution >= 4 is 10.4 Å². The van der Waals surface area contributed by atoms with Crippen molar-refractivity contribution in [1.82, 2.24) is 6.15 Å². The Morgan fingerprint density at radius 1 is 1.19 bits per heavy atom. The topological polar surface area (TPSA) is 103 Å². The van der Waals surface area contributed by atoms with Gasteiger partial charge >= 0.3 is 12.1 Å². The average Bonchev–Trinajstić information content (AvgIpc) is 1.97. The number of halogens is 6. The molecule has 0 aliphatic carbocycles. The first-order chi connectivity index (χ1) is 6.36. The summed E-state index contributed by atoms with van der Waals surface area (Å²) in [7, 11) is -5.60. The van der Waals surface area contributed by atoms with Gasteiger partial charge in [0.1, 0.15) is 6.61 Å². The van der Waals surface area contributed by atoms with E-state index in [9.17, 15) is 39.3 Å². The smallest absolute Gasteiger partial charge is 0.425 e. The van der Waals surface area contributed by atoms with Crippen LogP contribution in [0.1, 0.15) is 0 Å². The second-order valence-electron chi connectivity index (χ2n) is 2.34. The number of alkyl halides is 6. The Kier molecular flexibility index (Phi) is 5.74. The molecule has 0 heterocycles. The van der Waals surface area contributed by atoms with Gasteiger partial charge in [-0.25, -0.2) is 21.6 Å². The van der Waals surface area contributed by atoms with Gasteiger partial charge in [0.15, 0.2) is 0 Å². The molecule has 1 unspecified atom stereocenters. The van der Waals surface area contributed by atoms with E-state index in [4.69, 9.17) is 0 Å². The second kappa shape index (κ2) is 5.16. The third-order valence-electron chi connectivity index (χ3n) is 1.05. The average molecular weight is 279 g/mol. The van der Waals surface area contributed by atoms with E-state index in [2.05, 4.69) is 4.18 Å². The second-order valence-corrected chi connectivity index (χ2v) is 3.39. The molecule has 100 valence electrons. The first-order valence-corrected chi connectivity index (χ1v) is 4.38. The quantitative estimate of drug-likeness (QED) is 0.477. The van der Waals surface area contributed by atoms with Crippen molar-refractivity contribution in [2.75, 3.05) is 6.61 Å². The molecule has 5 nitrogen and oxygen atoms in total. The minimum atomic E-state index is -5.88. The number of hydrogen-bond donors (Lipinski definition) is 1. The van der Waals surface area contributed by atoms with Gasteiger partial charge in [0, 0.05) is 0 Å². The maximum atomic E-state index is 12.2. The Morgan fingerprint density at radius 3 is 1.81 bits per heavy atom. The van der Waals surface area contributed by atoms with E-state index in [1.165, 1.54) is 0 Å². The molecule has 0 saturated heterocycles. The molecular formula is C4H7F6NO4S. The molecule has 12 heteroatoms. The molecule has 0 aliphatic heterocycles. The van der Waals surface area contributed by atoms with Gasteiger partial charge in [0.05, 0.1) is 0 Å². The van der Waals surface area contributed by atoms with Crippen molar-refractivity contribution in [3.8, 4) is 0 Å². The molecular weight excluding hydrogens is 272 g/mol. The van der Waals surface area contributed by atoms with Gasteiger partial charge in [0.2, 0.25) is 10.4 Å². The van der Waals surface area contributed by atoms with Gasteiger partial charge in [-0.05, 0) is 0 Å². The van der Waals surface area contributed by atoms with Gasteiger partial charge in [-0.1, -0.05) is 0 Å². The minimum absolute atomic E-state index is 0. The van der Waals surface area contributed by atoms with Crippen LogP contribution in [0.5, 0.6) is 0 Å². The SMILES string of the molecule is O=S(=O)([O-])OCC(F)(F)C(F)C(F)(F)F.[NH4+]. The summed E-state index contributed by atoms with van der Waals surface area (Å²) < 4.78 is 102. The highest BCUT2D eigenvalue weighted by Gasteiger charge is 2.57. The van der Waals surface area contributed by atoms with E-state index in [0.717, 1.165) is 0 Å². The summed E-state index contributed by atoms with van der Waals surface area (Å²) in [6.07, 6.45) is -10.5. The van der Waals surface area contributed by atoms with E-state index in [0.29, 0.717) is 0 Å². The first kappa shape index (κ1) is 17.8. The number of hydrogen-bond acceptors (Lipinski definition) is 4. The summed E-state index contributed by atoms with van der Waals surface area (Å²) in [5, 5.41) is 0. The zero-order valence-corrected chi connectivity index (χ0v) is 8.41. The third kappa shape index (κ3) is 6.09. The largest absolute Gasteiger partial charge is 0.726 e. The van der Waals surface area contributed by atoms with Crippen molar-refractivity contribution in [3.63, 3.8) is 0 Å². The molecule has 0 fully saturated rings. The molecule has 16 heavy (non-hydrogen) atoms. The van der Waals surface area contributed by atoms with Crippen LogP contribution in [0.25, 0.3) is 0 Å².